The van der Waals surface area contributed by atoms with Gasteiger partial charge in [0.1, 0.15) is 11.2 Å². The molecule has 3 unspecified atom stereocenters. The first-order valence-corrected chi connectivity index (χ1v) is 10.5. The molecule has 0 aromatic heterocycles. The summed E-state index contributed by atoms with van der Waals surface area (Å²) < 4.78 is 11.1. The van der Waals surface area contributed by atoms with E-state index in [-0.39, 0.29) is 17.5 Å². The second-order valence-electron chi connectivity index (χ2n) is 9.38. The highest BCUT2D eigenvalue weighted by molar-refractivity contribution is 6.20. The zero-order chi connectivity index (χ0) is 21.7. The number of likely N-dealkylation sites (N-methyl/N-ethyl adjacent to an activating group) is 1. The third-order valence-electron chi connectivity index (χ3n) is 4.48. The van der Waals surface area contributed by atoms with Gasteiger partial charge in [-0.15, -0.1) is 11.6 Å². The molecule has 0 spiro atoms. The number of ether oxygens (including phenoxy) is 2. The van der Waals surface area contributed by atoms with Crippen molar-refractivity contribution in [3.63, 3.8) is 0 Å². The van der Waals surface area contributed by atoms with Crippen LogP contribution in [0.3, 0.4) is 0 Å². The standard InChI is InChI=1S/C20H38ClN3O4/c1-8-23(17(25)27-19(2,3)4)11-12-24(18(26)28-20(5,6)7)16-13-14(21)9-10-15(16)22/h14-16H,8-13,22H2,1-7H3. The minimum atomic E-state index is -0.621. The first kappa shape index (κ1) is 24.8. The van der Waals surface area contributed by atoms with E-state index in [1.807, 2.05) is 48.5 Å². The summed E-state index contributed by atoms with van der Waals surface area (Å²) in [6.45, 7) is 14.0. The van der Waals surface area contributed by atoms with Crippen molar-refractivity contribution >= 4 is 23.8 Å². The van der Waals surface area contributed by atoms with Crippen LogP contribution < -0.4 is 5.73 Å². The molecular formula is C20H38ClN3O4. The molecule has 1 fully saturated rings. The largest absolute Gasteiger partial charge is 0.444 e. The Bertz CT molecular complexity index is 531. The molecule has 1 aliphatic carbocycles. The summed E-state index contributed by atoms with van der Waals surface area (Å²) in [5, 5.41) is -0.0251. The predicted molar refractivity (Wildman–Crippen MR) is 112 cm³/mol. The van der Waals surface area contributed by atoms with Crippen molar-refractivity contribution in [3.05, 3.63) is 0 Å². The summed E-state index contributed by atoms with van der Waals surface area (Å²) in [7, 11) is 0. The number of hydrogen-bond acceptors (Lipinski definition) is 5. The van der Waals surface area contributed by atoms with Gasteiger partial charge >= 0.3 is 12.2 Å². The monoisotopic (exact) mass is 419 g/mol. The maximum absolute atomic E-state index is 12.9. The lowest BCUT2D eigenvalue weighted by Gasteiger charge is -2.41. The molecule has 0 aromatic rings. The van der Waals surface area contributed by atoms with Crippen LogP contribution in [0.25, 0.3) is 0 Å². The third kappa shape index (κ3) is 8.43. The summed E-state index contributed by atoms with van der Waals surface area (Å²) in [4.78, 5) is 28.5. The minimum absolute atomic E-state index is 0.0251. The zero-order valence-electron chi connectivity index (χ0n) is 18.5. The minimum Gasteiger partial charge on any atom is -0.444 e. The topological polar surface area (TPSA) is 85.1 Å². The first-order valence-electron chi connectivity index (χ1n) is 10.1. The van der Waals surface area contributed by atoms with Gasteiger partial charge in [0.15, 0.2) is 0 Å². The molecule has 0 saturated heterocycles. The van der Waals surface area contributed by atoms with Crippen LogP contribution >= 0.6 is 11.6 Å². The number of nitrogens with zero attached hydrogens (tertiary/aromatic N) is 2. The van der Waals surface area contributed by atoms with Crippen LogP contribution in [0, 0.1) is 0 Å². The fourth-order valence-electron chi connectivity index (χ4n) is 3.13. The summed E-state index contributed by atoms with van der Waals surface area (Å²) in [5.41, 5.74) is 5.11. The SMILES string of the molecule is CCN(CCN(C(=O)OC(C)(C)C)C1CC(Cl)CCC1N)C(=O)OC(C)(C)C. The number of nitrogens with two attached hydrogens (primary N) is 1. The van der Waals surface area contributed by atoms with Crippen molar-refractivity contribution in [2.24, 2.45) is 5.73 Å². The zero-order valence-corrected chi connectivity index (χ0v) is 19.2. The van der Waals surface area contributed by atoms with Gasteiger partial charge in [-0.1, -0.05) is 0 Å². The lowest BCUT2D eigenvalue weighted by molar-refractivity contribution is 0.00236. The van der Waals surface area contributed by atoms with E-state index in [1.54, 1.807) is 9.80 Å². The van der Waals surface area contributed by atoms with Crippen molar-refractivity contribution in [3.8, 4) is 0 Å². The van der Waals surface area contributed by atoms with Crippen LogP contribution in [0.4, 0.5) is 9.59 Å². The molecule has 0 radical (unpaired) electrons. The Balaban J connectivity index is 2.92. The van der Waals surface area contributed by atoms with Gasteiger partial charge < -0.3 is 25.0 Å². The molecule has 28 heavy (non-hydrogen) atoms. The van der Waals surface area contributed by atoms with Crippen LogP contribution in [0.15, 0.2) is 0 Å². The van der Waals surface area contributed by atoms with Gasteiger partial charge in [0.2, 0.25) is 0 Å². The Hall–Kier alpha value is -1.21. The Morgan fingerprint density at radius 1 is 1.00 bits per heavy atom. The summed E-state index contributed by atoms with van der Waals surface area (Å²) >= 11 is 6.35. The Morgan fingerprint density at radius 3 is 2.04 bits per heavy atom. The molecule has 164 valence electrons. The maximum atomic E-state index is 12.9. The highest BCUT2D eigenvalue weighted by atomic mass is 35.5. The lowest BCUT2D eigenvalue weighted by atomic mass is 9.89. The number of carbonyl (C=O) groups excluding carboxylic acids is 2. The number of amides is 2. The number of hydrogen-bond donors (Lipinski definition) is 1. The van der Waals surface area contributed by atoms with Gasteiger partial charge in [-0.2, -0.15) is 0 Å². The highest BCUT2D eigenvalue weighted by Gasteiger charge is 2.36. The molecule has 1 aliphatic rings. The molecule has 1 rings (SSSR count). The molecular weight excluding hydrogens is 382 g/mol. The van der Waals surface area contributed by atoms with Crippen molar-refractivity contribution < 1.29 is 19.1 Å². The molecule has 7 nitrogen and oxygen atoms in total. The molecule has 2 N–H and O–H groups in total. The van der Waals surface area contributed by atoms with E-state index in [1.165, 1.54) is 0 Å². The van der Waals surface area contributed by atoms with Gasteiger partial charge in [-0.3, -0.25) is 0 Å². The second-order valence-corrected chi connectivity index (χ2v) is 9.99. The van der Waals surface area contributed by atoms with Crippen molar-refractivity contribution in [1.29, 1.82) is 0 Å². The van der Waals surface area contributed by atoms with Crippen LogP contribution in [0.5, 0.6) is 0 Å². The van der Waals surface area contributed by atoms with Gasteiger partial charge in [-0.25, -0.2) is 9.59 Å². The van der Waals surface area contributed by atoms with E-state index in [2.05, 4.69) is 0 Å². The highest BCUT2D eigenvalue weighted by Crippen LogP contribution is 2.27. The van der Waals surface area contributed by atoms with E-state index in [0.29, 0.717) is 26.1 Å². The van der Waals surface area contributed by atoms with E-state index < -0.39 is 23.4 Å². The number of carbonyl (C=O) groups is 2. The van der Waals surface area contributed by atoms with Crippen LogP contribution in [0.2, 0.25) is 0 Å². The Labute approximate surface area is 174 Å². The summed E-state index contributed by atoms with van der Waals surface area (Å²) in [5.74, 6) is 0. The van der Waals surface area contributed by atoms with Gasteiger partial charge in [0, 0.05) is 31.1 Å². The van der Waals surface area contributed by atoms with Gasteiger partial charge in [0.05, 0.1) is 6.04 Å². The molecule has 0 aromatic carbocycles. The first-order chi connectivity index (χ1) is 12.7. The van der Waals surface area contributed by atoms with Crippen LogP contribution in [-0.4, -0.2) is 70.3 Å². The van der Waals surface area contributed by atoms with Crippen molar-refractivity contribution in [2.45, 2.75) is 96.4 Å². The molecule has 8 heteroatoms. The van der Waals surface area contributed by atoms with E-state index >= 15 is 0 Å². The van der Waals surface area contributed by atoms with Crippen LogP contribution in [0.1, 0.15) is 67.7 Å². The number of alkyl halides is 1. The van der Waals surface area contributed by atoms with E-state index in [0.717, 1.165) is 12.8 Å². The number of halogens is 1. The normalized spacial score (nSPS) is 23.1. The van der Waals surface area contributed by atoms with Gasteiger partial charge in [0.25, 0.3) is 0 Å². The van der Waals surface area contributed by atoms with Crippen molar-refractivity contribution in [2.75, 3.05) is 19.6 Å². The van der Waals surface area contributed by atoms with E-state index in [4.69, 9.17) is 26.8 Å². The van der Waals surface area contributed by atoms with Crippen LogP contribution in [-0.2, 0) is 9.47 Å². The summed E-state index contributed by atoms with van der Waals surface area (Å²) in [6.07, 6.45) is 1.36. The Kier molecular flexibility index (Phi) is 8.88. The molecule has 0 bridgehead atoms. The molecule has 1 saturated carbocycles. The maximum Gasteiger partial charge on any atom is 0.410 e. The average Bonchev–Trinajstić information content (AvgIpc) is 2.50. The van der Waals surface area contributed by atoms with Crippen molar-refractivity contribution in [1.82, 2.24) is 9.80 Å². The molecule has 0 aliphatic heterocycles. The quantitative estimate of drug-likeness (QED) is 0.681. The average molecular weight is 420 g/mol. The fraction of sp³-hybridized carbons (Fsp3) is 0.900. The molecule has 0 heterocycles. The second kappa shape index (κ2) is 10.0. The lowest BCUT2D eigenvalue weighted by Crippen LogP contribution is -2.56. The third-order valence-corrected chi connectivity index (χ3v) is 4.87. The fourth-order valence-corrected chi connectivity index (χ4v) is 3.43. The van der Waals surface area contributed by atoms with E-state index in [9.17, 15) is 9.59 Å². The smallest absolute Gasteiger partial charge is 0.410 e. The molecule has 2 amide bonds. The molecule has 3 atom stereocenters. The predicted octanol–water partition coefficient (Wildman–Crippen LogP) is 3.97. The number of rotatable bonds is 5. The summed E-state index contributed by atoms with van der Waals surface area (Å²) in [6, 6.07) is -0.387. The van der Waals surface area contributed by atoms with Gasteiger partial charge in [-0.05, 0) is 67.7 Å². The Morgan fingerprint density at radius 2 is 1.54 bits per heavy atom.